The third-order valence-electron chi connectivity index (χ3n) is 8.63. The smallest absolute Gasteiger partial charge is 0.160 e. The van der Waals surface area contributed by atoms with Crippen molar-refractivity contribution in [3.8, 4) is 50.0 Å². The van der Waals surface area contributed by atoms with Gasteiger partial charge in [0.2, 0.25) is 0 Å². The molecule has 6 aromatic carbocycles. The van der Waals surface area contributed by atoms with Gasteiger partial charge < -0.3 is 4.57 Å². The van der Waals surface area contributed by atoms with Crippen molar-refractivity contribution in [1.82, 2.24) is 14.5 Å². The first-order valence-electron chi connectivity index (χ1n) is 15.4. The highest BCUT2D eigenvalue weighted by Gasteiger charge is 2.17. The Labute approximate surface area is 270 Å². The molecule has 0 aliphatic heterocycles. The molecule has 3 heterocycles. The van der Waals surface area contributed by atoms with Crippen molar-refractivity contribution in [2.45, 2.75) is 0 Å². The zero-order valence-corrected chi connectivity index (χ0v) is 25.7. The van der Waals surface area contributed by atoms with E-state index in [1.165, 1.54) is 42.3 Å². The summed E-state index contributed by atoms with van der Waals surface area (Å²) in [6.45, 7) is 0. The maximum Gasteiger partial charge on any atom is 0.160 e. The molecule has 0 spiro atoms. The number of fused-ring (bicyclic) bond motifs is 5. The monoisotopic (exact) mass is 605 g/mol. The summed E-state index contributed by atoms with van der Waals surface area (Å²) in [5.74, 6) is 0.721. The number of hydrogen-bond donors (Lipinski definition) is 0. The van der Waals surface area contributed by atoms with E-state index in [0.29, 0.717) is 0 Å². The van der Waals surface area contributed by atoms with Crippen molar-refractivity contribution >= 4 is 43.2 Å². The zero-order chi connectivity index (χ0) is 30.5. The van der Waals surface area contributed by atoms with Gasteiger partial charge in [-0.25, -0.2) is 9.97 Å². The molecule has 3 nitrogen and oxygen atoms in total. The highest BCUT2D eigenvalue weighted by molar-refractivity contribution is 7.23. The second kappa shape index (κ2) is 11.0. The Morgan fingerprint density at radius 1 is 0.457 bits per heavy atom. The predicted octanol–water partition coefficient (Wildman–Crippen LogP) is 11.5. The topological polar surface area (TPSA) is 30.7 Å². The summed E-state index contributed by atoms with van der Waals surface area (Å²) in [5.41, 5.74) is 9.71. The molecule has 0 bridgehead atoms. The average Bonchev–Trinajstić information content (AvgIpc) is 3.72. The van der Waals surface area contributed by atoms with Crippen molar-refractivity contribution in [3.05, 3.63) is 164 Å². The molecule has 46 heavy (non-hydrogen) atoms. The minimum Gasteiger partial charge on any atom is -0.309 e. The van der Waals surface area contributed by atoms with E-state index >= 15 is 0 Å². The quantitative estimate of drug-likeness (QED) is 0.195. The van der Waals surface area contributed by atoms with E-state index in [4.69, 9.17) is 9.97 Å². The van der Waals surface area contributed by atoms with Gasteiger partial charge in [-0.2, -0.15) is 0 Å². The van der Waals surface area contributed by atoms with E-state index < -0.39 is 0 Å². The number of para-hydroxylation sites is 1. The Hall–Kier alpha value is -5.84. The molecular formula is C42H27N3S. The largest absolute Gasteiger partial charge is 0.309 e. The fourth-order valence-electron chi connectivity index (χ4n) is 6.42. The summed E-state index contributed by atoms with van der Waals surface area (Å²) in [4.78, 5) is 11.3. The molecule has 216 valence electrons. The maximum atomic E-state index is 5.04. The van der Waals surface area contributed by atoms with Crippen molar-refractivity contribution in [1.29, 1.82) is 0 Å². The Balaban J connectivity index is 1.18. The van der Waals surface area contributed by atoms with Crippen LogP contribution in [0.15, 0.2) is 164 Å². The number of hydrogen-bond acceptors (Lipinski definition) is 3. The summed E-state index contributed by atoms with van der Waals surface area (Å²) in [5, 5.41) is 3.85. The van der Waals surface area contributed by atoms with E-state index in [-0.39, 0.29) is 0 Å². The third kappa shape index (κ3) is 4.50. The Kier molecular flexibility index (Phi) is 6.32. The molecule has 0 amide bonds. The lowest BCUT2D eigenvalue weighted by Crippen LogP contribution is -1.97. The van der Waals surface area contributed by atoms with Gasteiger partial charge in [0.15, 0.2) is 5.82 Å². The van der Waals surface area contributed by atoms with E-state index in [1.54, 1.807) is 0 Å². The molecule has 9 aromatic rings. The first kappa shape index (κ1) is 26.6. The summed E-state index contributed by atoms with van der Waals surface area (Å²) < 4.78 is 3.71. The van der Waals surface area contributed by atoms with Gasteiger partial charge in [0, 0.05) is 42.7 Å². The van der Waals surface area contributed by atoms with Crippen LogP contribution in [0.5, 0.6) is 0 Å². The maximum absolute atomic E-state index is 5.04. The fourth-order valence-corrected chi connectivity index (χ4v) is 7.64. The summed E-state index contributed by atoms with van der Waals surface area (Å²) >= 11 is 1.87. The molecule has 0 aliphatic rings. The molecule has 0 N–H and O–H groups in total. The van der Waals surface area contributed by atoms with Crippen LogP contribution in [0, 0.1) is 0 Å². The lowest BCUT2D eigenvalue weighted by Gasteiger charge is -2.11. The van der Waals surface area contributed by atoms with E-state index in [0.717, 1.165) is 39.6 Å². The molecular weight excluding hydrogens is 579 g/mol. The van der Waals surface area contributed by atoms with Gasteiger partial charge in [0.25, 0.3) is 0 Å². The third-order valence-corrected chi connectivity index (χ3v) is 9.84. The highest BCUT2D eigenvalue weighted by atomic mass is 32.1. The van der Waals surface area contributed by atoms with Crippen molar-refractivity contribution in [2.75, 3.05) is 0 Å². The zero-order valence-electron chi connectivity index (χ0n) is 24.8. The SMILES string of the molecule is c1ccc(-c2cc(-c3ccc(-n4c5ccccc5c5c6sc(-c7ccccc7)cc6ccc54)cc3)nc(-c3ccccc3)n2)cc1. The van der Waals surface area contributed by atoms with E-state index in [2.05, 4.69) is 132 Å². The molecule has 0 saturated heterocycles. The summed E-state index contributed by atoms with van der Waals surface area (Å²) in [6, 6.07) is 57.7. The normalized spacial score (nSPS) is 11.5. The van der Waals surface area contributed by atoms with Gasteiger partial charge in [-0.1, -0.05) is 127 Å². The van der Waals surface area contributed by atoms with Crippen LogP contribution in [-0.4, -0.2) is 14.5 Å². The second-order valence-electron chi connectivity index (χ2n) is 11.4. The van der Waals surface area contributed by atoms with Crippen LogP contribution >= 0.6 is 11.3 Å². The molecule has 3 aromatic heterocycles. The second-order valence-corrected chi connectivity index (χ2v) is 12.5. The van der Waals surface area contributed by atoms with E-state index in [9.17, 15) is 0 Å². The molecule has 0 fully saturated rings. The Morgan fingerprint density at radius 2 is 1.04 bits per heavy atom. The molecule has 0 unspecified atom stereocenters. The van der Waals surface area contributed by atoms with Gasteiger partial charge in [-0.3, -0.25) is 0 Å². The van der Waals surface area contributed by atoms with Crippen LogP contribution in [0.1, 0.15) is 0 Å². The summed E-state index contributed by atoms with van der Waals surface area (Å²) in [6.07, 6.45) is 0. The van der Waals surface area contributed by atoms with Crippen LogP contribution in [-0.2, 0) is 0 Å². The van der Waals surface area contributed by atoms with Crippen LogP contribution in [0.4, 0.5) is 0 Å². The van der Waals surface area contributed by atoms with Crippen LogP contribution in [0.2, 0.25) is 0 Å². The first-order chi connectivity index (χ1) is 22.8. The average molecular weight is 606 g/mol. The fraction of sp³-hybridized carbons (Fsp3) is 0. The minimum atomic E-state index is 0.721. The number of aromatic nitrogens is 3. The molecule has 0 aliphatic carbocycles. The molecule has 0 atom stereocenters. The minimum absolute atomic E-state index is 0.721. The predicted molar refractivity (Wildman–Crippen MR) is 193 cm³/mol. The molecule has 4 heteroatoms. The van der Waals surface area contributed by atoms with Crippen LogP contribution in [0.25, 0.3) is 81.9 Å². The van der Waals surface area contributed by atoms with Gasteiger partial charge in [0.05, 0.1) is 22.4 Å². The number of thiophene rings is 1. The van der Waals surface area contributed by atoms with Crippen molar-refractivity contribution in [2.24, 2.45) is 0 Å². The number of nitrogens with zero attached hydrogens (tertiary/aromatic N) is 3. The standard InChI is InChI=1S/C42H27N3S/c1-4-12-28(13-5-1)35-27-36(44-42(43-35)31-16-8-3-9-17-31)29-20-23-33(24-21-29)45-37-19-11-10-18-34(37)40-38(45)25-22-32-26-39(46-41(32)40)30-14-6-2-7-15-30/h1-27H. The van der Waals surface area contributed by atoms with Crippen molar-refractivity contribution < 1.29 is 0 Å². The number of benzene rings is 6. The van der Waals surface area contributed by atoms with Gasteiger partial charge >= 0.3 is 0 Å². The lowest BCUT2D eigenvalue weighted by atomic mass is 10.1. The van der Waals surface area contributed by atoms with Gasteiger partial charge in [0.1, 0.15) is 0 Å². The van der Waals surface area contributed by atoms with Gasteiger partial charge in [-0.05, 0) is 47.3 Å². The van der Waals surface area contributed by atoms with Crippen molar-refractivity contribution in [3.63, 3.8) is 0 Å². The van der Waals surface area contributed by atoms with Gasteiger partial charge in [-0.15, -0.1) is 11.3 Å². The highest BCUT2D eigenvalue weighted by Crippen LogP contribution is 2.42. The first-order valence-corrected chi connectivity index (χ1v) is 16.2. The van der Waals surface area contributed by atoms with E-state index in [1.807, 2.05) is 47.7 Å². The Bertz CT molecular complexity index is 2440. The van der Waals surface area contributed by atoms with Crippen LogP contribution in [0.3, 0.4) is 0 Å². The number of rotatable bonds is 5. The molecule has 0 saturated carbocycles. The molecule has 0 radical (unpaired) electrons. The Morgan fingerprint density at radius 3 is 1.74 bits per heavy atom. The van der Waals surface area contributed by atoms with Crippen LogP contribution < -0.4 is 0 Å². The molecule has 9 rings (SSSR count). The lowest BCUT2D eigenvalue weighted by molar-refractivity contribution is 1.17. The summed E-state index contributed by atoms with van der Waals surface area (Å²) in [7, 11) is 0.